The van der Waals surface area contributed by atoms with Gasteiger partial charge in [0.25, 0.3) is 0 Å². The first kappa shape index (κ1) is 16.7. The molecule has 1 spiro atoms. The molecule has 1 N–H and O–H groups in total. The molecule has 1 aliphatic carbocycles. The van der Waals surface area contributed by atoms with E-state index in [1.165, 1.54) is 0 Å². The molecule has 1 atom stereocenters. The molecule has 0 aromatic carbocycles. The Balaban J connectivity index is 1.74. The van der Waals surface area contributed by atoms with Gasteiger partial charge in [0.2, 0.25) is 11.8 Å². The highest BCUT2D eigenvalue weighted by Gasteiger charge is 2.50. The number of likely N-dealkylation sites (N-methyl/N-ethyl adjacent to an activating group) is 1. The Morgan fingerprint density at radius 3 is 2.70 bits per heavy atom. The van der Waals surface area contributed by atoms with Crippen LogP contribution >= 0.6 is 0 Å². The Labute approximate surface area is 138 Å². The van der Waals surface area contributed by atoms with Gasteiger partial charge in [0.05, 0.1) is 12.0 Å². The number of amides is 2. The minimum atomic E-state index is -0.287. The van der Waals surface area contributed by atoms with Gasteiger partial charge in [0.15, 0.2) is 0 Å². The molecule has 23 heavy (non-hydrogen) atoms. The number of hydrogen-bond donors (Lipinski definition) is 1. The van der Waals surface area contributed by atoms with E-state index in [1.807, 2.05) is 4.90 Å². The van der Waals surface area contributed by atoms with Gasteiger partial charge in [0.1, 0.15) is 0 Å². The summed E-state index contributed by atoms with van der Waals surface area (Å²) in [5.41, 5.74) is -0.351. The molecular formula is C17H29N3O3. The molecule has 0 radical (unpaired) electrons. The van der Waals surface area contributed by atoms with Crippen LogP contribution in [-0.2, 0) is 14.3 Å². The summed E-state index contributed by atoms with van der Waals surface area (Å²) < 4.78 is 5.34. The second kappa shape index (κ2) is 6.40. The summed E-state index contributed by atoms with van der Waals surface area (Å²) in [5.74, 6) is 0.398. The number of rotatable bonds is 3. The number of ether oxygens (including phenoxy) is 1. The van der Waals surface area contributed by atoms with Crippen LogP contribution in [0.5, 0.6) is 0 Å². The van der Waals surface area contributed by atoms with Gasteiger partial charge in [-0.3, -0.25) is 14.5 Å². The summed E-state index contributed by atoms with van der Waals surface area (Å²) in [5, 5.41) is 2.96. The van der Waals surface area contributed by atoms with Crippen molar-refractivity contribution < 1.29 is 14.3 Å². The third kappa shape index (κ3) is 2.98. The molecule has 6 heteroatoms. The molecule has 0 aromatic rings. The highest BCUT2D eigenvalue weighted by Crippen LogP contribution is 2.44. The molecule has 0 unspecified atom stereocenters. The number of carbonyl (C=O) groups excluding carboxylic acids is 2. The first-order valence-corrected chi connectivity index (χ1v) is 8.78. The van der Waals surface area contributed by atoms with Gasteiger partial charge in [-0.05, 0) is 32.7 Å². The van der Waals surface area contributed by atoms with E-state index in [-0.39, 0.29) is 22.8 Å². The third-order valence-electron chi connectivity index (χ3n) is 6.20. The number of nitrogens with zero attached hydrogens (tertiary/aromatic N) is 2. The van der Waals surface area contributed by atoms with Crippen LogP contribution in [0.1, 0.15) is 38.5 Å². The van der Waals surface area contributed by atoms with E-state index in [4.69, 9.17) is 4.74 Å². The zero-order valence-corrected chi connectivity index (χ0v) is 14.4. The van der Waals surface area contributed by atoms with Crippen molar-refractivity contribution in [2.24, 2.45) is 5.41 Å². The van der Waals surface area contributed by atoms with Crippen LogP contribution < -0.4 is 5.32 Å². The fraction of sp³-hybridized carbons (Fsp3) is 0.882. The molecule has 3 aliphatic rings. The van der Waals surface area contributed by atoms with Gasteiger partial charge in [0, 0.05) is 45.2 Å². The highest BCUT2D eigenvalue weighted by molar-refractivity contribution is 5.84. The molecule has 6 nitrogen and oxygen atoms in total. The van der Waals surface area contributed by atoms with E-state index in [9.17, 15) is 9.59 Å². The van der Waals surface area contributed by atoms with E-state index in [0.717, 1.165) is 51.7 Å². The van der Waals surface area contributed by atoms with Crippen molar-refractivity contribution in [1.29, 1.82) is 0 Å². The lowest BCUT2D eigenvalue weighted by Gasteiger charge is -2.52. The maximum Gasteiger partial charge on any atom is 0.231 e. The standard InChI is InChI=1S/C17H29N3O3/c1-19-10-11-20(15(22)16(13-23-2)5-3-6-16)12-17(19)7-4-14(21)18-9-8-17/h3-13H2,1-2H3,(H,18,21)/t17-/m0/s1. The minimum Gasteiger partial charge on any atom is -0.384 e. The Kier molecular flexibility index (Phi) is 4.65. The summed E-state index contributed by atoms with van der Waals surface area (Å²) >= 11 is 0. The maximum atomic E-state index is 13.1. The Morgan fingerprint density at radius 1 is 1.26 bits per heavy atom. The molecule has 130 valence electrons. The summed E-state index contributed by atoms with van der Waals surface area (Å²) in [6, 6.07) is 0. The van der Waals surface area contributed by atoms with Gasteiger partial charge in [-0.1, -0.05) is 6.42 Å². The van der Waals surface area contributed by atoms with E-state index in [2.05, 4.69) is 17.3 Å². The molecule has 2 amide bonds. The van der Waals surface area contributed by atoms with Crippen LogP contribution in [0.3, 0.4) is 0 Å². The molecule has 0 bridgehead atoms. The predicted molar refractivity (Wildman–Crippen MR) is 87.0 cm³/mol. The number of methoxy groups -OCH3 is 1. The first-order valence-electron chi connectivity index (χ1n) is 8.78. The molecule has 3 fully saturated rings. The summed E-state index contributed by atoms with van der Waals surface area (Å²) in [4.78, 5) is 29.2. The number of nitrogens with one attached hydrogen (secondary N) is 1. The quantitative estimate of drug-likeness (QED) is 0.827. The highest BCUT2D eigenvalue weighted by atomic mass is 16.5. The van der Waals surface area contributed by atoms with Crippen molar-refractivity contribution in [1.82, 2.24) is 15.1 Å². The van der Waals surface area contributed by atoms with Crippen molar-refractivity contribution in [3.8, 4) is 0 Å². The normalized spacial score (nSPS) is 31.4. The largest absolute Gasteiger partial charge is 0.384 e. The molecule has 2 heterocycles. The Morgan fingerprint density at radius 2 is 2.04 bits per heavy atom. The van der Waals surface area contributed by atoms with Crippen LogP contribution in [0.15, 0.2) is 0 Å². The lowest BCUT2D eigenvalue weighted by molar-refractivity contribution is -0.157. The lowest BCUT2D eigenvalue weighted by Crippen LogP contribution is -2.64. The number of hydrogen-bond acceptors (Lipinski definition) is 4. The van der Waals surface area contributed by atoms with Crippen LogP contribution in [0, 0.1) is 5.41 Å². The Hall–Kier alpha value is -1.14. The number of carbonyl (C=O) groups is 2. The minimum absolute atomic E-state index is 0.0644. The second-order valence-electron chi connectivity index (χ2n) is 7.54. The van der Waals surface area contributed by atoms with Crippen molar-refractivity contribution in [2.45, 2.75) is 44.1 Å². The van der Waals surface area contributed by atoms with Gasteiger partial charge in [-0.25, -0.2) is 0 Å². The molecule has 2 aliphatic heterocycles. The van der Waals surface area contributed by atoms with Gasteiger partial charge >= 0.3 is 0 Å². The number of piperazine rings is 1. The van der Waals surface area contributed by atoms with E-state index in [1.54, 1.807) is 7.11 Å². The lowest BCUT2D eigenvalue weighted by atomic mass is 9.68. The molecular weight excluding hydrogens is 294 g/mol. The fourth-order valence-electron chi connectivity index (χ4n) is 4.41. The van der Waals surface area contributed by atoms with E-state index in [0.29, 0.717) is 19.6 Å². The topological polar surface area (TPSA) is 61.9 Å². The third-order valence-corrected chi connectivity index (χ3v) is 6.20. The van der Waals surface area contributed by atoms with Crippen LogP contribution in [-0.4, -0.2) is 74.1 Å². The van der Waals surface area contributed by atoms with Crippen molar-refractivity contribution in [3.63, 3.8) is 0 Å². The second-order valence-corrected chi connectivity index (χ2v) is 7.54. The maximum absolute atomic E-state index is 13.1. The van der Waals surface area contributed by atoms with Crippen molar-refractivity contribution >= 4 is 11.8 Å². The van der Waals surface area contributed by atoms with Crippen molar-refractivity contribution in [2.75, 3.05) is 46.9 Å². The molecule has 2 saturated heterocycles. The zero-order chi connectivity index (χ0) is 16.5. The monoisotopic (exact) mass is 323 g/mol. The van der Waals surface area contributed by atoms with E-state index < -0.39 is 0 Å². The smallest absolute Gasteiger partial charge is 0.231 e. The van der Waals surface area contributed by atoms with Crippen LogP contribution in [0.25, 0.3) is 0 Å². The molecule has 0 aromatic heterocycles. The first-order chi connectivity index (χ1) is 11.0. The molecule has 3 rings (SSSR count). The van der Waals surface area contributed by atoms with Gasteiger partial charge < -0.3 is 15.0 Å². The summed E-state index contributed by atoms with van der Waals surface area (Å²) in [6.45, 7) is 3.63. The van der Waals surface area contributed by atoms with Gasteiger partial charge in [-0.2, -0.15) is 0 Å². The average molecular weight is 323 g/mol. The zero-order valence-electron chi connectivity index (χ0n) is 14.4. The Bertz CT molecular complexity index is 478. The van der Waals surface area contributed by atoms with Crippen LogP contribution in [0.2, 0.25) is 0 Å². The fourth-order valence-corrected chi connectivity index (χ4v) is 4.41. The average Bonchev–Trinajstić information content (AvgIpc) is 2.68. The van der Waals surface area contributed by atoms with Gasteiger partial charge in [-0.15, -0.1) is 0 Å². The summed E-state index contributed by atoms with van der Waals surface area (Å²) in [6.07, 6.45) is 5.30. The summed E-state index contributed by atoms with van der Waals surface area (Å²) in [7, 11) is 3.81. The van der Waals surface area contributed by atoms with Crippen molar-refractivity contribution in [3.05, 3.63) is 0 Å². The SMILES string of the molecule is COCC1(C(=O)N2CCN(C)[C@@]3(CCNC(=O)CC3)C2)CCC1. The predicted octanol–water partition coefficient (Wildman–Crippen LogP) is 0.616. The van der Waals surface area contributed by atoms with Crippen LogP contribution in [0.4, 0.5) is 0 Å². The molecule has 1 saturated carbocycles. The van der Waals surface area contributed by atoms with E-state index >= 15 is 0 Å².